The predicted octanol–water partition coefficient (Wildman–Crippen LogP) is 10.6. The number of methoxy groups -OCH3 is 2. The molecule has 3 rings (SSSR count). The molecule has 1 aliphatic rings. The van der Waals surface area contributed by atoms with Crippen LogP contribution in [-0.2, 0) is 11.8 Å². The van der Waals surface area contributed by atoms with Crippen molar-refractivity contribution in [2.75, 3.05) is 14.2 Å². The van der Waals surface area contributed by atoms with E-state index in [0.29, 0.717) is 6.04 Å². The van der Waals surface area contributed by atoms with Crippen LogP contribution in [0.2, 0.25) is 0 Å². The summed E-state index contributed by atoms with van der Waals surface area (Å²) in [5.41, 5.74) is 6.97. The smallest absolute Gasteiger partial charge is 0.205 e. The second kappa shape index (κ2) is 16.2. The van der Waals surface area contributed by atoms with Crippen molar-refractivity contribution in [3.05, 3.63) is 53.1 Å². The van der Waals surface area contributed by atoms with Crippen LogP contribution in [0.5, 0.6) is 11.5 Å². The fourth-order valence-corrected chi connectivity index (χ4v) is 6.26. The molecule has 2 aromatic rings. The zero-order valence-electron chi connectivity index (χ0n) is 26.9. The van der Waals surface area contributed by atoms with E-state index >= 15 is 0 Å². The zero-order chi connectivity index (χ0) is 29.0. The minimum atomic E-state index is 0.156. The molecule has 0 fully saturated rings. The molecule has 0 N–H and O–H groups in total. The van der Waals surface area contributed by atoms with Gasteiger partial charge >= 0.3 is 0 Å². The maximum atomic E-state index is 5.74. The van der Waals surface area contributed by atoms with Gasteiger partial charge in [-0.3, -0.25) is 0 Å². The number of hydrogen-bond acceptors (Lipinski definition) is 2. The Balaban J connectivity index is 1.67. The molecule has 1 aliphatic heterocycles. The molecule has 3 nitrogen and oxygen atoms in total. The number of fused-ring (bicyclic) bond motifs is 1. The van der Waals surface area contributed by atoms with Crippen molar-refractivity contribution < 1.29 is 14.0 Å². The Labute approximate surface area is 246 Å². The normalized spacial score (nSPS) is 15.3. The predicted molar refractivity (Wildman–Crippen MR) is 172 cm³/mol. The van der Waals surface area contributed by atoms with Crippen LogP contribution in [0, 0.1) is 0 Å². The van der Waals surface area contributed by atoms with E-state index in [4.69, 9.17) is 9.47 Å². The Morgan fingerprint density at radius 2 is 1.23 bits per heavy atom. The molecule has 40 heavy (non-hydrogen) atoms. The molecule has 222 valence electrons. The number of hydrogen-bond donors (Lipinski definition) is 0. The van der Waals surface area contributed by atoms with Gasteiger partial charge in [0.2, 0.25) is 5.69 Å². The third-order valence-electron chi connectivity index (χ3n) is 8.70. The molecule has 0 saturated heterocycles. The maximum Gasteiger partial charge on any atom is 0.205 e. The molecule has 0 radical (unpaired) electrons. The van der Waals surface area contributed by atoms with Gasteiger partial charge in [0.15, 0.2) is 23.3 Å². The quantitative estimate of drug-likeness (QED) is 0.145. The van der Waals surface area contributed by atoms with Crippen LogP contribution in [0.4, 0.5) is 5.69 Å². The fourth-order valence-electron chi connectivity index (χ4n) is 6.26. The monoisotopic (exact) mass is 548 g/mol. The number of ether oxygens (including phenoxy) is 2. The van der Waals surface area contributed by atoms with E-state index < -0.39 is 0 Å². The summed E-state index contributed by atoms with van der Waals surface area (Å²) in [4.78, 5) is 0. The second-order valence-electron chi connectivity index (χ2n) is 13.0. The lowest BCUT2D eigenvalue weighted by Gasteiger charge is -2.25. The molecule has 2 aromatic carbocycles. The molecule has 1 atom stereocenters. The number of unbranched alkanes of at least 4 members (excludes halogenated alkanes) is 12. The summed E-state index contributed by atoms with van der Waals surface area (Å²) in [7, 11) is 3.47. The minimum absolute atomic E-state index is 0.156. The molecule has 1 unspecified atom stereocenters. The van der Waals surface area contributed by atoms with E-state index in [9.17, 15) is 0 Å². The standard InChI is InChI=1S/C37H58NO2/c1-8-9-10-11-12-13-14-15-16-17-18-19-20-21-34-33-28-36(40-7)35(39-6)27-30(33)26-29(2)38(34)32-24-22-31(23-25-32)37(3,4)5/h22-25,27-29H,8-21,26H2,1-7H3/q+1. The van der Waals surface area contributed by atoms with Crippen LogP contribution in [0.1, 0.15) is 141 Å². The van der Waals surface area contributed by atoms with Crippen molar-refractivity contribution in [3.63, 3.8) is 0 Å². The zero-order valence-corrected chi connectivity index (χ0v) is 26.9. The lowest BCUT2D eigenvalue weighted by atomic mass is 9.86. The molecule has 3 heteroatoms. The highest BCUT2D eigenvalue weighted by Gasteiger charge is 2.34. The van der Waals surface area contributed by atoms with Crippen LogP contribution in [0.15, 0.2) is 36.4 Å². The van der Waals surface area contributed by atoms with Crippen LogP contribution in [0.25, 0.3) is 0 Å². The van der Waals surface area contributed by atoms with Crippen molar-refractivity contribution in [3.8, 4) is 11.5 Å². The van der Waals surface area contributed by atoms with E-state index in [1.54, 1.807) is 14.2 Å². The van der Waals surface area contributed by atoms with Gasteiger partial charge < -0.3 is 9.47 Å². The van der Waals surface area contributed by atoms with Crippen molar-refractivity contribution >= 4 is 11.4 Å². The first-order valence-corrected chi connectivity index (χ1v) is 16.3. The van der Waals surface area contributed by atoms with Gasteiger partial charge in [0.05, 0.1) is 14.2 Å². The highest BCUT2D eigenvalue weighted by molar-refractivity contribution is 6.00. The van der Waals surface area contributed by atoms with E-state index in [1.165, 1.54) is 112 Å². The van der Waals surface area contributed by atoms with E-state index in [2.05, 4.69) is 75.6 Å². The first kappa shape index (κ1) is 32.2. The Hall–Kier alpha value is -2.29. The van der Waals surface area contributed by atoms with Gasteiger partial charge in [-0.25, -0.2) is 0 Å². The summed E-state index contributed by atoms with van der Waals surface area (Å²) in [6.07, 6.45) is 20.1. The fraction of sp³-hybridized carbons (Fsp3) is 0.649. The molecule has 0 spiro atoms. The van der Waals surface area contributed by atoms with Gasteiger partial charge in [-0.05, 0) is 42.0 Å². The van der Waals surface area contributed by atoms with Crippen molar-refractivity contribution in [2.45, 2.75) is 142 Å². The van der Waals surface area contributed by atoms with Gasteiger partial charge in [-0.2, -0.15) is 4.58 Å². The van der Waals surface area contributed by atoms with Crippen molar-refractivity contribution in [1.29, 1.82) is 0 Å². The third kappa shape index (κ3) is 9.11. The Morgan fingerprint density at radius 3 is 1.73 bits per heavy atom. The molecule has 1 heterocycles. The highest BCUT2D eigenvalue weighted by atomic mass is 16.5. The summed E-state index contributed by atoms with van der Waals surface area (Å²) < 4.78 is 14.0. The number of nitrogens with zero attached hydrogens (tertiary/aromatic N) is 1. The van der Waals surface area contributed by atoms with Crippen LogP contribution in [0.3, 0.4) is 0 Å². The first-order chi connectivity index (χ1) is 19.3. The molecule has 0 amide bonds. The maximum absolute atomic E-state index is 5.74. The van der Waals surface area contributed by atoms with E-state index in [1.807, 2.05) is 0 Å². The Bertz CT molecular complexity index is 1060. The Morgan fingerprint density at radius 1 is 0.725 bits per heavy atom. The van der Waals surface area contributed by atoms with Crippen molar-refractivity contribution in [1.82, 2.24) is 0 Å². The molecular formula is C37H58NO2+. The summed E-state index contributed by atoms with van der Waals surface area (Å²) >= 11 is 0. The van der Waals surface area contributed by atoms with Crippen molar-refractivity contribution in [2.24, 2.45) is 0 Å². The number of benzene rings is 2. The topological polar surface area (TPSA) is 21.5 Å². The van der Waals surface area contributed by atoms with Gasteiger partial charge in [-0.15, -0.1) is 0 Å². The van der Waals surface area contributed by atoms with Gasteiger partial charge in [-0.1, -0.05) is 117 Å². The molecule has 0 aromatic heterocycles. The number of rotatable bonds is 17. The highest BCUT2D eigenvalue weighted by Crippen LogP contribution is 2.36. The molecule has 0 aliphatic carbocycles. The molecule has 0 bridgehead atoms. The minimum Gasteiger partial charge on any atom is -0.493 e. The van der Waals surface area contributed by atoms with Crippen LogP contribution >= 0.6 is 0 Å². The SMILES string of the molecule is CCCCCCCCCCCCCCCC1=[N+](c2ccc(C(C)(C)C)cc2)C(C)Cc2cc(OC)c(OC)cc21. The first-order valence-electron chi connectivity index (χ1n) is 16.3. The molecule has 0 saturated carbocycles. The Kier molecular flexibility index (Phi) is 13.1. The lowest BCUT2D eigenvalue weighted by Crippen LogP contribution is -2.34. The summed E-state index contributed by atoms with van der Waals surface area (Å²) in [5, 5.41) is 0. The lowest BCUT2D eigenvalue weighted by molar-refractivity contribution is -0.483. The average Bonchev–Trinajstić information content (AvgIpc) is 2.94. The van der Waals surface area contributed by atoms with E-state index in [-0.39, 0.29) is 5.41 Å². The largest absolute Gasteiger partial charge is 0.493 e. The molecular weight excluding hydrogens is 490 g/mol. The van der Waals surface area contributed by atoms with Gasteiger partial charge in [0, 0.05) is 30.5 Å². The van der Waals surface area contributed by atoms with Crippen LogP contribution in [-0.4, -0.2) is 30.5 Å². The van der Waals surface area contributed by atoms with Gasteiger partial charge in [0.25, 0.3) is 0 Å². The van der Waals surface area contributed by atoms with Gasteiger partial charge in [0.1, 0.15) is 0 Å². The van der Waals surface area contributed by atoms with E-state index in [0.717, 1.165) is 24.3 Å². The summed E-state index contributed by atoms with van der Waals surface area (Å²) in [6, 6.07) is 14.1. The third-order valence-corrected chi connectivity index (χ3v) is 8.70. The second-order valence-corrected chi connectivity index (χ2v) is 13.0. The summed E-state index contributed by atoms with van der Waals surface area (Å²) in [6.45, 7) is 11.5. The average molecular weight is 549 g/mol. The van der Waals surface area contributed by atoms with Crippen LogP contribution < -0.4 is 9.47 Å². The summed E-state index contributed by atoms with van der Waals surface area (Å²) in [5.74, 6) is 1.65.